The molecule has 0 N–H and O–H groups in total. The molecule has 36 heavy (non-hydrogen) atoms. The zero-order valence-corrected chi connectivity index (χ0v) is 27.9. The van der Waals surface area contributed by atoms with Crippen LogP contribution >= 0.6 is 17.2 Å². The van der Waals surface area contributed by atoms with Gasteiger partial charge in [0.25, 0.3) is 0 Å². The van der Waals surface area contributed by atoms with Crippen LogP contribution in [0, 0.1) is 0 Å². The molecule has 0 aromatic heterocycles. The van der Waals surface area contributed by atoms with Crippen molar-refractivity contribution >= 4 is 17.2 Å². The van der Waals surface area contributed by atoms with E-state index in [1.807, 2.05) is 0 Å². The molecule has 0 spiro atoms. The molecule has 218 valence electrons. The van der Waals surface area contributed by atoms with Gasteiger partial charge in [-0.3, -0.25) is 4.90 Å². The van der Waals surface area contributed by atoms with Crippen molar-refractivity contribution in [3.05, 3.63) is 0 Å². The van der Waals surface area contributed by atoms with E-state index >= 15 is 0 Å². The monoisotopic (exact) mass is 553 g/mol. The van der Waals surface area contributed by atoms with Gasteiger partial charge in [0.15, 0.2) is 11.1 Å². The van der Waals surface area contributed by atoms with E-state index in [0.29, 0.717) is 17.2 Å². The van der Waals surface area contributed by atoms with Crippen LogP contribution in [0.4, 0.5) is 0 Å². The summed E-state index contributed by atoms with van der Waals surface area (Å²) in [4.78, 5) is 2.51. The lowest BCUT2D eigenvalue weighted by Crippen LogP contribution is -2.43. The second-order valence-corrected chi connectivity index (χ2v) is 14.0. The summed E-state index contributed by atoms with van der Waals surface area (Å²) in [5.41, 5.74) is -1.02. The zero-order chi connectivity index (χ0) is 27.9. The smallest absolute Gasteiger partial charge is 0.184 e. The fourth-order valence-electron chi connectivity index (χ4n) is 4.26. The first kappa shape index (κ1) is 36.6. The quantitative estimate of drug-likeness (QED) is 0.101. The summed E-state index contributed by atoms with van der Waals surface area (Å²) >= 11 is 0. The molecular formula is C28H61NO5P2. The minimum Gasteiger partial charge on any atom is -0.361 e. The Bertz CT molecular complexity index is 488. The Morgan fingerprint density at radius 2 is 0.889 bits per heavy atom. The van der Waals surface area contributed by atoms with Crippen LogP contribution in [0.1, 0.15) is 109 Å². The first-order chi connectivity index (χ1) is 16.7. The average molecular weight is 554 g/mol. The minimum atomic E-state index is -0.510. The van der Waals surface area contributed by atoms with Crippen LogP contribution in [0.5, 0.6) is 0 Å². The SMILES string of the molecule is CCC(OC(C)C)N(CCPC(CC)(OC(C)C)OC(C)C)CCPC(CC)(OC(C)C)OC(C)C. The van der Waals surface area contributed by atoms with E-state index in [1.54, 1.807) is 0 Å². The Kier molecular flexibility index (Phi) is 19.2. The van der Waals surface area contributed by atoms with E-state index in [1.165, 1.54) is 0 Å². The summed E-state index contributed by atoms with van der Waals surface area (Å²) in [6, 6.07) is 0. The highest BCUT2D eigenvalue weighted by molar-refractivity contribution is 7.39. The highest BCUT2D eigenvalue weighted by Crippen LogP contribution is 2.41. The van der Waals surface area contributed by atoms with Gasteiger partial charge >= 0.3 is 0 Å². The number of nitrogens with zero attached hydrogens (tertiary/aromatic N) is 1. The van der Waals surface area contributed by atoms with Crippen LogP contribution in [0.25, 0.3) is 0 Å². The summed E-state index contributed by atoms with van der Waals surface area (Å²) in [6.45, 7) is 29.4. The van der Waals surface area contributed by atoms with E-state index in [-0.39, 0.29) is 36.7 Å². The van der Waals surface area contributed by atoms with Gasteiger partial charge in [0.2, 0.25) is 0 Å². The molecule has 0 saturated heterocycles. The van der Waals surface area contributed by atoms with Crippen molar-refractivity contribution in [2.24, 2.45) is 0 Å². The van der Waals surface area contributed by atoms with Crippen LogP contribution in [0.15, 0.2) is 0 Å². The lowest BCUT2D eigenvalue weighted by Gasteiger charge is -2.39. The van der Waals surface area contributed by atoms with E-state index in [0.717, 1.165) is 44.7 Å². The Morgan fingerprint density at radius 3 is 1.11 bits per heavy atom. The van der Waals surface area contributed by atoms with Crippen molar-refractivity contribution in [2.75, 3.05) is 25.4 Å². The molecule has 0 saturated carbocycles. The van der Waals surface area contributed by atoms with Crippen molar-refractivity contribution in [2.45, 2.75) is 157 Å². The molecule has 0 amide bonds. The van der Waals surface area contributed by atoms with E-state index < -0.39 is 11.1 Å². The molecule has 6 nitrogen and oxygen atoms in total. The van der Waals surface area contributed by atoms with Gasteiger partial charge in [-0.2, -0.15) is 0 Å². The van der Waals surface area contributed by atoms with E-state index in [9.17, 15) is 0 Å². The van der Waals surface area contributed by atoms with Crippen LogP contribution in [-0.2, 0) is 23.7 Å². The Balaban J connectivity index is 5.50. The van der Waals surface area contributed by atoms with Gasteiger partial charge in [0, 0.05) is 25.9 Å². The van der Waals surface area contributed by atoms with Crippen molar-refractivity contribution in [3.8, 4) is 0 Å². The number of rotatable bonds is 22. The van der Waals surface area contributed by atoms with Gasteiger partial charge in [0.05, 0.1) is 30.5 Å². The van der Waals surface area contributed by atoms with Gasteiger partial charge < -0.3 is 23.7 Å². The van der Waals surface area contributed by atoms with Crippen molar-refractivity contribution in [3.63, 3.8) is 0 Å². The Morgan fingerprint density at radius 1 is 0.556 bits per heavy atom. The predicted octanol–water partition coefficient (Wildman–Crippen LogP) is 7.63. The average Bonchev–Trinajstić information content (AvgIpc) is 2.74. The molecule has 0 bridgehead atoms. The zero-order valence-electron chi connectivity index (χ0n) is 25.9. The third kappa shape index (κ3) is 15.3. The fraction of sp³-hybridized carbons (Fsp3) is 1.00. The summed E-state index contributed by atoms with van der Waals surface area (Å²) < 4.78 is 31.8. The largest absolute Gasteiger partial charge is 0.361 e. The summed E-state index contributed by atoms with van der Waals surface area (Å²) in [6.07, 6.45) is 5.48. The van der Waals surface area contributed by atoms with Crippen LogP contribution in [0.2, 0.25) is 0 Å². The standard InChI is InChI=1S/C28H61NO5P2/c1-14-26(30-21(4)5)29(17-19-35-27(15-2,31-22(6)7)32-23(8)9)18-20-36-28(16-3,33-24(10)11)34-25(12)13/h21-26,35-36H,14-20H2,1-13H3. The van der Waals surface area contributed by atoms with Crippen molar-refractivity contribution < 1.29 is 23.7 Å². The van der Waals surface area contributed by atoms with Gasteiger partial charge in [0.1, 0.15) is 6.23 Å². The number of hydrogen-bond acceptors (Lipinski definition) is 6. The third-order valence-corrected chi connectivity index (χ3v) is 8.61. The predicted molar refractivity (Wildman–Crippen MR) is 159 cm³/mol. The van der Waals surface area contributed by atoms with Crippen molar-refractivity contribution in [1.29, 1.82) is 0 Å². The van der Waals surface area contributed by atoms with Crippen molar-refractivity contribution in [1.82, 2.24) is 4.90 Å². The molecule has 3 unspecified atom stereocenters. The van der Waals surface area contributed by atoms with Gasteiger partial charge in [-0.15, -0.1) is 0 Å². The molecule has 0 aromatic carbocycles. The molecule has 0 aliphatic rings. The lowest BCUT2D eigenvalue weighted by molar-refractivity contribution is -0.211. The number of hydrogen-bond donors (Lipinski definition) is 0. The topological polar surface area (TPSA) is 49.4 Å². The van der Waals surface area contributed by atoms with E-state index in [4.69, 9.17) is 23.7 Å². The Labute approximate surface area is 228 Å². The molecule has 0 heterocycles. The number of ether oxygens (including phenoxy) is 5. The molecule has 0 aliphatic heterocycles. The molecule has 0 fully saturated rings. The van der Waals surface area contributed by atoms with E-state index in [2.05, 4.69) is 94.9 Å². The molecule has 0 radical (unpaired) electrons. The second-order valence-electron chi connectivity index (χ2n) is 10.8. The molecule has 0 rings (SSSR count). The lowest BCUT2D eigenvalue weighted by atomic mass is 10.3. The maximum Gasteiger partial charge on any atom is 0.184 e. The van der Waals surface area contributed by atoms with Crippen LogP contribution in [0.3, 0.4) is 0 Å². The first-order valence-corrected chi connectivity index (χ1v) is 16.8. The van der Waals surface area contributed by atoms with Gasteiger partial charge in [-0.25, -0.2) is 0 Å². The fourth-order valence-corrected chi connectivity index (χ4v) is 7.60. The highest BCUT2D eigenvalue weighted by Gasteiger charge is 2.34. The van der Waals surface area contributed by atoms with Gasteiger partial charge in [-0.1, -0.05) is 37.9 Å². The molecule has 0 aliphatic carbocycles. The molecule has 8 heteroatoms. The van der Waals surface area contributed by atoms with Crippen LogP contribution in [-0.4, -0.2) is 78.1 Å². The van der Waals surface area contributed by atoms with Crippen LogP contribution < -0.4 is 0 Å². The maximum absolute atomic E-state index is 6.35. The summed E-state index contributed by atoms with van der Waals surface area (Å²) in [5, 5.41) is 0. The maximum atomic E-state index is 6.35. The Hall–Kier alpha value is 0.620. The first-order valence-electron chi connectivity index (χ1n) is 14.3. The molecular weight excluding hydrogens is 492 g/mol. The molecule has 3 atom stereocenters. The normalized spacial score (nSPS) is 15.1. The van der Waals surface area contributed by atoms with Gasteiger partial charge in [-0.05, 0) is 88.0 Å². The molecule has 0 aromatic rings. The summed E-state index contributed by atoms with van der Waals surface area (Å²) in [5.74, 6) is 0. The third-order valence-electron chi connectivity index (χ3n) is 5.41. The summed E-state index contributed by atoms with van der Waals surface area (Å²) in [7, 11) is 1.12. The minimum absolute atomic E-state index is 0.0979. The highest BCUT2D eigenvalue weighted by atomic mass is 31.1. The second kappa shape index (κ2) is 18.8.